The van der Waals surface area contributed by atoms with Crippen LogP contribution in [-0.4, -0.2) is 41.0 Å². The Bertz CT molecular complexity index is 733. The Kier molecular flexibility index (Phi) is 4.64. The standard InChI is InChI=1S/C21H24N2O2/c1-15-7-8-22-20(9-15)21(24)17-10-18-13-25-14-19(11-17)23(18)12-16-5-3-2-4-6-16/h2-9,17-19H,10-14H2,1H3. The zero-order valence-corrected chi connectivity index (χ0v) is 14.6. The van der Waals surface area contributed by atoms with Crippen LogP contribution in [0.5, 0.6) is 0 Å². The molecule has 3 heterocycles. The van der Waals surface area contributed by atoms with Crippen LogP contribution in [0.3, 0.4) is 0 Å². The summed E-state index contributed by atoms with van der Waals surface area (Å²) >= 11 is 0. The molecule has 0 saturated carbocycles. The molecule has 4 heteroatoms. The molecule has 0 spiro atoms. The second kappa shape index (κ2) is 7.06. The third-order valence-corrected chi connectivity index (χ3v) is 5.42. The van der Waals surface area contributed by atoms with E-state index in [1.54, 1.807) is 6.20 Å². The van der Waals surface area contributed by atoms with Crippen LogP contribution in [0.4, 0.5) is 0 Å². The number of morpholine rings is 1. The van der Waals surface area contributed by atoms with Crippen LogP contribution < -0.4 is 0 Å². The highest BCUT2D eigenvalue weighted by Crippen LogP contribution is 2.34. The fourth-order valence-corrected chi connectivity index (χ4v) is 4.14. The molecule has 25 heavy (non-hydrogen) atoms. The molecule has 2 atom stereocenters. The smallest absolute Gasteiger partial charge is 0.184 e. The summed E-state index contributed by atoms with van der Waals surface area (Å²) in [4.78, 5) is 19.8. The number of hydrogen-bond acceptors (Lipinski definition) is 4. The Labute approximate surface area is 148 Å². The Morgan fingerprint density at radius 2 is 1.88 bits per heavy atom. The SMILES string of the molecule is Cc1ccnc(C(=O)C2CC3COCC(C2)N3Cc2ccccc2)c1. The highest BCUT2D eigenvalue weighted by Gasteiger charge is 2.41. The van der Waals surface area contributed by atoms with Gasteiger partial charge in [0.2, 0.25) is 0 Å². The summed E-state index contributed by atoms with van der Waals surface area (Å²) in [7, 11) is 0. The van der Waals surface area contributed by atoms with E-state index in [-0.39, 0.29) is 11.7 Å². The number of ether oxygens (including phenoxy) is 1. The molecule has 130 valence electrons. The monoisotopic (exact) mass is 336 g/mol. The second-order valence-electron chi connectivity index (χ2n) is 7.25. The number of nitrogens with zero attached hydrogens (tertiary/aromatic N) is 2. The normalized spacial score (nSPS) is 26.4. The van der Waals surface area contributed by atoms with Crippen LogP contribution in [-0.2, 0) is 11.3 Å². The van der Waals surface area contributed by atoms with E-state index in [4.69, 9.17) is 4.74 Å². The summed E-state index contributed by atoms with van der Waals surface area (Å²) in [6.45, 7) is 4.37. The van der Waals surface area contributed by atoms with Crippen molar-refractivity contribution in [2.24, 2.45) is 5.92 Å². The Morgan fingerprint density at radius 3 is 2.56 bits per heavy atom. The Hall–Kier alpha value is -2.04. The summed E-state index contributed by atoms with van der Waals surface area (Å²) in [6.07, 6.45) is 3.45. The fourth-order valence-electron chi connectivity index (χ4n) is 4.14. The largest absolute Gasteiger partial charge is 0.378 e. The Morgan fingerprint density at radius 1 is 1.16 bits per heavy atom. The second-order valence-corrected chi connectivity index (χ2v) is 7.25. The summed E-state index contributed by atoms with van der Waals surface area (Å²) in [5, 5.41) is 0. The molecule has 0 N–H and O–H groups in total. The highest BCUT2D eigenvalue weighted by atomic mass is 16.5. The molecule has 0 aliphatic carbocycles. The van der Waals surface area contributed by atoms with Gasteiger partial charge in [0.1, 0.15) is 5.69 Å². The van der Waals surface area contributed by atoms with Gasteiger partial charge in [0, 0.05) is 30.7 Å². The molecule has 4 rings (SSSR count). The topological polar surface area (TPSA) is 42.4 Å². The van der Waals surface area contributed by atoms with Crippen LogP contribution in [0.15, 0.2) is 48.7 Å². The quantitative estimate of drug-likeness (QED) is 0.804. The number of rotatable bonds is 4. The van der Waals surface area contributed by atoms with E-state index in [0.717, 1.165) is 24.9 Å². The summed E-state index contributed by atoms with van der Waals surface area (Å²) < 4.78 is 5.79. The van der Waals surface area contributed by atoms with E-state index in [0.29, 0.717) is 31.0 Å². The predicted octanol–water partition coefficient (Wildman–Crippen LogP) is 3.25. The zero-order chi connectivity index (χ0) is 17.2. The number of Topliss-reactive ketones (excluding diaryl/α,β-unsaturated/α-hetero) is 1. The van der Waals surface area contributed by atoms with E-state index >= 15 is 0 Å². The van der Waals surface area contributed by atoms with Gasteiger partial charge in [-0.1, -0.05) is 30.3 Å². The van der Waals surface area contributed by atoms with Gasteiger partial charge in [0.25, 0.3) is 0 Å². The van der Waals surface area contributed by atoms with Gasteiger partial charge in [-0.2, -0.15) is 0 Å². The van der Waals surface area contributed by atoms with Crippen LogP contribution in [0.25, 0.3) is 0 Å². The summed E-state index contributed by atoms with van der Waals surface area (Å²) in [5.74, 6) is 0.250. The molecular formula is C21H24N2O2. The number of hydrogen-bond donors (Lipinski definition) is 0. The first-order valence-corrected chi connectivity index (χ1v) is 9.05. The number of carbonyl (C=O) groups excluding carboxylic acids is 1. The maximum Gasteiger partial charge on any atom is 0.184 e. The first-order valence-electron chi connectivity index (χ1n) is 9.05. The van der Waals surface area contributed by atoms with E-state index in [1.165, 1.54) is 5.56 Å². The number of aryl methyl sites for hydroxylation is 1. The van der Waals surface area contributed by atoms with Crippen LogP contribution >= 0.6 is 0 Å². The van der Waals surface area contributed by atoms with E-state index in [2.05, 4.69) is 34.1 Å². The van der Waals surface area contributed by atoms with Crippen LogP contribution in [0.2, 0.25) is 0 Å². The average Bonchev–Trinajstić information content (AvgIpc) is 2.62. The average molecular weight is 336 g/mol. The maximum absolute atomic E-state index is 12.9. The number of carbonyl (C=O) groups is 1. The van der Waals surface area contributed by atoms with Crippen molar-refractivity contribution in [3.63, 3.8) is 0 Å². The van der Waals surface area contributed by atoms with E-state index in [9.17, 15) is 4.79 Å². The summed E-state index contributed by atoms with van der Waals surface area (Å²) in [6, 6.07) is 15.0. The van der Waals surface area contributed by atoms with Gasteiger partial charge in [-0.3, -0.25) is 14.7 Å². The molecule has 0 amide bonds. The minimum Gasteiger partial charge on any atom is -0.378 e. The Balaban J connectivity index is 1.50. The minimum atomic E-state index is 0.0558. The molecule has 1 aromatic carbocycles. The zero-order valence-electron chi connectivity index (χ0n) is 14.6. The van der Waals surface area contributed by atoms with Crippen LogP contribution in [0.1, 0.15) is 34.5 Å². The van der Waals surface area contributed by atoms with Gasteiger partial charge < -0.3 is 4.74 Å². The number of fused-ring (bicyclic) bond motifs is 2. The van der Waals surface area contributed by atoms with E-state index in [1.807, 2.05) is 25.1 Å². The molecule has 2 aliphatic rings. The number of aromatic nitrogens is 1. The number of piperidine rings is 1. The first kappa shape index (κ1) is 16.4. The van der Waals surface area contributed by atoms with Crippen molar-refractivity contribution in [3.05, 3.63) is 65.5 Å². The minimum absolute atomic E-state index is 0.0558. The van der Waals surface area contributed by atoms with E-state index < -0.39 is 0 Å². The molecular weight excluding hydrogens is 312 g/mol. The van der Waals surface area contributed by atoms with Crippen molar-refractivity contribution in [1.29, 1.82) is 0 Å². The van der Waals surface area contributed by atoms with Gasteiger partial charge in [-0.25, -0.2) is 0 Å². The molecule has 2 saturated heterocycles. The molecule has 1 aromatic heterocycles. The lowest BCUT2D eigenvalue weighted by molar-refractivity contribution is -0.0873. The lowest BCUT2D eigenvalue weighted by atomic mass is 9.81. The molecule has 0 radical (unpaired) electrons. The predicted molar refractivity (Wildman–Crippen MR) is 96.4 cm³/mol. The third-order valence-electron chi connectivity index (χ3n) is 5.42. The van der Waals surface area contributed by atoms with Gasteiger partial charge in [-0.05, 0) is 43.0 Å². The number of pyridine rings is 1. The molecule has 2 aromatic rings. The maximum atomic E-state index is 12.9. The molecule has 2 unspecified atom stereocenters. The first-order chi connectivity index (χ1) is 12.2. The van der Waals surface area contributed by atoms with Crippen molar-refractivity contribution in [3.8, 4) is 0 Å². The summed E-state index contributed by atoms with van der Waals surface area (Å²) in [5.41, 5.74) is 3.02. The van der Waals surface area contributed by atoms with Gasteiger partial charge >= 0.3 is 0 Å². The molecule has 2 aliphatic heterocycles. The van der Waals surface area contributed by atoms with Gasteiger partial charge in [0.15, 0.2) is 5.78 Å². The van der Waals surface area contributed by atoms with Gasteiger partial charge in [-0.15, -0.1) is 0 Å². The van der Waals surface area contributed by atoms with Crippen molar-refractivity contribution >= 4 is 5.78 Å². The van der Waals surface area contributed by atoms with Crippen molar-refractivity contribution in [1.82, 2.24) is 9.88 Å². The third kappa shape index (κ3) is 3.51. The number of ketones is 1. The lowest BCUT2D eigenvalue weighted by Gasteiger charge is -2.48. The molecule has 2 fully saturated rings. The highest BCUT2D eigenvalue weighted by molar-refractivity contribution is 5.96. The van der Waals surface area contributed by atoms with Crippen molar-refractivity contribution in [2.75, 3.05) is 13.2 Å². The lowest BCUT2D eigenvalue weighted by Crippen LogP contribution is -2.57. The van der Waals surface area contributed by atoms with Gasteiger partial charge in [0.05, 0.1) is 13.2 Å². The van der Waals surface area contributed by atoms with Crippen molar-refractivity contribution < 1.29 is 9.53 Å². The molecule has 4 nitrogen and oxygen atoms in total. The number of benzene rings is 1. The van der Waals surface area contributed by atoms with Crippen molar-refractivity contribution in [2.45, 2.75) is 38.4 Å². The van der Waals surface area contributed by atoms with Crippen LogP contribution in [0, 0.1) is 12.8 Å². The molecule has 2 bridgehead atoms. The fraction of sp³-hybridized carbons (Fsp3) is 0.429.